The molecule has 0 N–H and O–H groups in total. The molecule has 0 saturated heterocycles. The van der Waals surface area contributed by atoms with Crippen LogP contribution in [0, 0.1) is 0 Å². The van der Waals surface area contributed by atoms with Gasteiger partial charge in [-0.05, 0) is 51.1 Å². The highest BCUT2D eigenvalue weighted by molar-refractivity contribution is 7.20. The number of para-hydroxylation sites is 1. The molecule has 0 aliphatic carbocycles. The molecule has 10 aromatic rings. The lowest BCUT2D eigenvalue weighted by molar-refractivity contribution is 1.07. The number of nitrogens with zero attached hydrogens (tertiary/aromatic N) is 5. The van der Waals surface area contributed by atoms with Crippen LogP contribution in [0.15, 0.2) is 212 Å². The van der Waals surface area contributed by atoms with Crippen LogP contribution in [0.3, 0.4) is 0 Å². The van der Waals surface area contributed by atoms with Crippen LogP contribution in [0.4, 0.5) is 0 Å². The van der Waals surface area contributed by atoms with Crippen molar-refractivity contribution in [1.29, 1.82) is 0 Å². The van der Waals surface area contributed by atoms with E-state index < -0.39 is 8.07 Å². The predicted molar refractivity (Wildman–Crippen MR) is 232 cm³/mol. The predicted octanol–water partition coefficient (Wildman–Crippen LogP) is 8.74. The van der Waals surface area contributed by atoms with Gasteiger partial charge in [0.15, 0.2) is 25.5 Å². The topological polar surface area (TPSA) is 56.5 Å². The maximum absolute atomic E-state index is 5.04. The summed E-state index contributed by atoms with van der Waals surface area (Å²) >= 11 is 0. The molecule has 0 spiro atoms. The third-order valence-corrected chi connectivity index (χ3v) is 15.4. The minimum Gasteiger partial charge on any atom is -0.294 e. The lowest BCUT2D eigenvalue weighted by Gasteiger charge is -2.34. The number of fused-ring (bicyclic) bond motifs is 3. The molecule has 6 heteroatoms. The second kappa shape index (κ2) is 14.2. The summed E-state index contributed by atoms with van der Waals surface area (Å²) in [6, 6.07) is 73.1. The summed E-state index contributed by atoms with van der Waals surface area (Å²) in [4.78, 5) is 19.9. The van der Waals surface area contributed by atoms with Crippen LogP contribution in [0.25, 0.3) is 61.8 Å². The van der Waals surface area contributed by atoms with E-state index in [2.05, 4.69) is 144 Å². The molecule has 264 valence electrons. The van der Waals surface area contributed by atoms with Crippen LogP contribution in [0.1, 0.15) is 0 Å². The third-order valence-electron chi connectivity index (χ3n) is 10.7. The molecule has 7 aromatic carbocycles. The third kappa shape index (κ3) is 5.71. The van der Waals surface area contributed by atoms with Gasteiger partial charge in [-0.15, -0.1) is 0 Å². The van der Waals surface area contributed by atoms with Crippen molar-refractivity contribution in [1.82, 2.24) is 24.5 Å². The van der Waals surface area contributed by atoms with Gasteiger partial charge in [-0.1, -0.05) is 176 Å². The Hall–Kier alpha value is -7.28. The first kappa shape index (κ1) is 33.3. The maximum atomic E-state index is 5.04. The van der Waals surface area contributed by atoms with Crippen LogP contribution in [-0.2, 0) is 0 Å². The second-order valence-electron chi connectivity index (χ2n) is 13.9. The molecule has 5 nitrogen and oxygen atoms in total. The van der Waals surface area contributed by atoms with E-state index in [1.165, 1.54) is 26.1 Å². The lowest BCUT2D eigenvalue weighted by Crippen LogP contribution is -2.74. The summed E-state index contributed by atoms with van der Waals surface area (Å²) in [5, 5.41) is 7.47. The molecule has 0 fully saturated rings. The monoisotopic (exact) mass is 733 g/mol. The fourth-order valence-corrected chi connectivity index (χ4v) is 12.8. The average molecular weight is 734 g/mol. The van der Waals surface area contributed by atoms with E-state index in [0.717, 1.165) is 38.9 Å². The highest BCUT2D eigenvalue weighted by Crippen LogP contribution is 2.31. The summed E-state index contributed by atoms with van der Waals surface area (Å²) in [6.45, 7) is 0. The number of hydrogen-bond acceptors (Lipinski definition) is 4. The quantitative estimate of drug-likeness (QED) is 0.116. The van der Waals surface area contributed by atoms with Gasteiger partial charge in [0.25, 0.3) is 0 Å². The van der Waals surface area contributed by atoms with Gasteiger partial charge in [0.05, 0.1) is 5.52 Å². The second-order valence-corrected chi connectivity index (χ2v) is 17.7. The number of rotatable bonds is 8. The van der Waals surface area contributed by atoms with E-state index in [1.54, 1.807) is 0 Å². The van der Waals surface area contributed by atoms with Crippen LogP contribution in [0.5, 0.6) is 0 Å². The molecule has 56 heavy (non-hydrogen) atoms. The van der Waals surface area contributed by atoms with E-state index in [1.807, 2.05) is 72.9 Å². The van der Waals surface area contributed by atoms with Gasteiger partial charge in [-0.3, -0.25) is 4.57 Å². The van der Waals surface area contributed by atoms with Gasteiger partial charge in [-0.2, -0.15) is 0 Å². The Kier molecular flexibility index (Phi) is 8.43. The minimum absolute atomic E-state index is 0.636. The highest BCUT2D eigenvalue weighted by atomic mass is 28.3. The van der Waals surface area contributed by atoms with E-state index in [0.29, 0.717) is 17.5 Å². The zero-order valence-corrected chi connectivity index (χ0v) is 31.4. The Labute approximate surface area is 326 Å². The van der Waals surface area contributed by atoms with Crippen LogP contribution < -0.4 is 20.7 Å². The smallest absolute Gasteiger partial charge is 0.179 e. The Morgan fingerprint density at radius 2 is 0.804 bits per heavy atom. The van der Waals surface area contributed by atoms with E-state index in [4.69, 9.17) is 19.9 Å². The van der Waals surface area contributed by atoms with Crippen LogP contribution in [-0.4, -0.2) is 32.6 Å². The van der Waals surface area contributed by atoms with Crippen molar-refractivity contribution >= 4 is 50.8 Å². The molecular weight excluding hydrogens is 699 g/mol. The highest BCUT2D eigenvalue weighted by Gasteiger charge is 2.42. The molecule has 0 atom stereocenters. The van der Waals surface area contributed by atoms with E-state index >= 15 is 0 Å². The fourth-order valence-electron chi connectivity index (χ4n) is 8.10. The van der Waals surface area contributed by atoms with Crippen LogP contribution >= 0.6 is 0 Å². The standard InChI is InChI=1S/C50H35N5Si/c1-6-17-36(18-7-1)47-52-48(37-19-8-2-9-20-37)54-49(53-47)38-28-30-42(31-29-38)56(40-23-12-4-13-24-40,41-25-14-5-15-26-41)43-32-33-44-45-27-16-34-51-50(45)55(46(44)35-43)39-21-10-3-11-22-39/h1-35H. The van der Waals surface area contributed by atoms with Crippen molar-refractivity contribution in [3.63, 3.8) is 0 Å². The largest absolute Gasteiger partial charge is 0.294 e. The molecule has 0 bridgehead atoms. The summed E-state index contributed by atoms with van der Waals surface area (Å²) in [6.07, 6.45) is 1.88. The SMILES string of the molecule is c1ccc(-c2nc(-c3ccccc3)nc(-c3ccc([Si](c4ccccc4)(c4ccccc4)c4ccc5c6cccnc6n(-c6ccccc6)c5c4)cc3)n2)cc1. The van der Waals surface area contributed by atoms with Crippen molar-refractivity contribution in [2.45, 2.75) is 0 Å². The van der Waals surface area contributed by atoms with Crippen molar-refractivity contribution in [2.24, 2.45) is 0 Å². The molecule has 0 saturated carbocycles. The molecule has 10 rings (SSSR count). The Morgan fingerprint density at radius 1 is 0.357 bits per heavy atom. The first-order chi connectivity index (χ1) is 27.8. The first-order valence-electron chi connectivity index (χ1n) is 18.8. The van der Waals surface area contributed by atoms with Crippen molar-refractivity contribution in [3.05, 3.63) is 212 Å². The summed E-state index contributed by atoms with van der Waals surface area (Å²) in [5.74, 6) is 1.93. The molecule has 0 amide bonds. The molecule has 0 aliphatic heterocycles. The summed E-state index contributed by atoms with van der Waals surface area (Å²) in [7, 11) is -2.93. The number of benzene rings is 7. The van der Waals surface area contributed by atoms with Crippen LogP contribution in [0.2, 0.25) is 0 Å². The average Bonchev–Trinajstić information content (AvgIpc) is 3.62. The molecular formula is C50H35N5Si. The van der Waals surface area contributed by atoms with Crippen molar-refractivity contribution in [3.8, 4) is 39.9 Å². The number of aromatic nitrogens is 5. The Morgan fingerprint density at radius 3 is 1.34 bits per heavy atom. The van der Waals surface area contributed by atoms with E-state index in [-0.39, 0.29) is 0 Å². The number of hydrogen-bond donors (Lipinski definition) is 0. The molecule has 0 radical (unpaired) electrons. The molecule has 3 aromatic heterocycles. The van der Waals surface area contributed by atoms with Gasteiger partial charge in [0, 0.05) is 39.3 Å². The minimum atomic E-state index is -2.93. The van der Waals surface area contributed by atoms with Gasteiger partial charge in [0.1, 0.15) is 5.65 Å². The van der Waals surface area contributed by atoms with Gasteiger partial charge in [0.2, 0.25) is 0 Å². The normalized spacial score (nSPS) is 11.6. The maximum Gasteiger partial charge on any atom is 0.179 e. The van der Waals surface area contributed by atoms with Crippen molar-refractivity contribution < 1.29 is 0 Å². The Balaban J connectivity index is 1.20. The first-order valence-corrected chi connectivity index (χ1v) is 20.8. The van der Waals surface area contributed by atoms with Gasteiger partial charge in [-0.25, -0.2) is 19.9 Å². The summed E-state index contributed by atoms with van der Waals surface area (Å²) < 4.78 is 2.31. The Bertz CT molecular complexity index is 2840. The van der Waals surface area contributed by atoms with Gasteiger partial charge >= 0.3 is 0 Å². The van der Waals surface area contributed by atoms with Crippen molar-refractivity contribution in [2.75, 3.05) is 0 Å². The molecule has 0 aliphatic rings. The fraction of sp³-hybridized carbons (Fsp3) is 0. The lowest BCUT2D eigenvalue weighted by atomic mass is 10.1. The van der Waals surface area contributed by atoms with E-state index in [9.17, 15) is 0 Å². The summed E-state index contributed by atoms with van der Waals surface area (Å²) in [5.41, 5.74) is 5.99. The van der Waals surface area contributed by atoms with Gasteiger partial charge < -0.3 is 0 Å². The molecule has 3 heterocycles. The zero-order chi connectivity index (χ0) is 37.3. The zero-order valence-electron chi connectivity index (χ0n) is 30.4. The number of pyridine rings is 1. The molecule has 0 unspecified atom stereocenters.